The molecule has 0 aliphatic carbocycles. The van der Waals surface area contributed by atoms with Crippen LogP contribution in [0.5, 0.6) is 0 Å². The van der Waals surface area contributed by atoms with Gasteiger partial charge in [-0.05, 0) is 47.4 Å². The van der Waals surface area contributed by atoms with Gasteiger partial charge in [0.05, 0.1) is 0 Å². The lowest BCUT2D eigenvalue weighted by Crippen LogP contribution is -2.12. The normalized spacial score (nSPS) is 11.6. The van der Waals surface area contributed by atoms with Gasteiger partial charge in [0.1, 0.15) is 5.52 Å². The summed E-state index contributed by atoms with van der Waals surface area (Å²) in [6.07, 6.45) is -2.62. The van der Waals surface area contributed by atoms with Crippen molar-refractivity contribution in [3.05, 3.63) is 58.9 Å². The van der Waals surface area contributed by atoms with E-state index in [9.17, 15) is 13.2 Å². The maximum Gasteiger partial charge on any atom is 0.449 e. The minimum Gasteiger partial charge on any atom is -0.308 e. The summed E-state index contributed by atoms with van der Waals surface area (Å²) in [4.78, 5) is 7.66. The highest BCUT2D eigenvalue weighted by atomic mass is 32.1. The second-order valence-corrected chi connectivity index (χ2v) is 7.01. The molecule has 0 spiro atoms. The van der Waals surface area contributed by atoms with Crippen molar-refractivity contribution in [3.63, 3.8) is 0 Å². The fourth-order valence-corrected chi connectivity index (χ4v) is 3.91. The van der Waals surface area contributed by atoms with Crippen LogP contribution in [-0.4, -0.2) is 14.5 Å². The van der Waals surface area contributed by atoms with Crippen molar-refractivity contribution in [1.29, 1.82) is 0 Å². The first-order chi connectivity index (χ1) is 12.8. The molecule has 3 heterocycles. The molecule has 27 heavy (non-hydrogen) atoms. The fourth-order valence-electron chi connectivity index (χ4n) is 2.86. The van der Waals surface area contributed by atoms with Gasteiger partial charge in [0.15, 0.2) is 5.65 Å². The van der Waals surface area contributed by atoms with Gasteiger partial charge in [-0.2, -0.15) is 13.2 Å². The summed E-state index contributed by atoms with van der Waals surface area (Å²) >= 11 is 1.84. The van der Waals surface area contributed by atoms with Crippen LogP contribution in [0.3, 0.4) is 0 Å². The number of nitrogens with zero attached hydrogens (tertiary/aromatic N) is 3. The number of pyridine rings is 1. The highest BCUT2D eigenvalue weighted by Gasteiger charge is 2.36. The van der Waals surface area contributed by atoms with E-state index < -0.39 is 12.0 Å². The van der Waals surface area contributed by atoms with E-state index in [-0.39, 0.29) is 11.2 Å². The van der Waals surface area contributed by atoms with Crippen LogP contribution in [0.1, 0.15) is 30.9 Å². The monoisotopic (exact) mass is 391 g/mol. The Kier molecular flexibility index (Phi) is 5.51. The van der Waals surface area contributed by atoms with Crippen LogP contribution in [0.4, 0.5) is 13.2 Å². The molecule has 7 heteroatoms. The maximum absolute atomic E-state index is 12.6. The largest absolute Gasteiger partial charge is 0.449 e. The van der Waals surface area contributed by atoms with Gasteiger partial charge in [0, 0.05) is 17.4 Å². The summed E-state index contributed by atoms with van der Waals surface area (Å²) < 4.78 is 40.1. The van der Waals surface area contributed by atoms with Crippen LogP contribution in [0.25, 0.3) is 21.3 Å². The van der Waals surface area contributed by atoms with Gasteiger partial charge < -0.3 is 4.57 Å². The van der Waals surface area contributed by atoms with Crippen molar-refractivity contribution in [3.8, 4) is 0 Å². The molecular weight excluding hydrogens is 371 g/mol. The van der Waals surface area contributed by atoms with E-state index in [0.29, 0.717) is 6.42 Å². The SMILES string of the molecule is CCc1ccc2nc(C(F)(F)F)n(C)c2n1.CCc1csc2ccccc12. The zero-order valence-electron chi connectivity index (χ0n) is 15.3. The Morgan fingerprint density at radius 2 is 1.74 bits per heavy atom. The number of thiophene rings is 1. The summed E-state index contributed by atoms with van der Waals surface area (Å²) in [5, 5.41) is 3.69. The van der Waals surface area contributed by atoms with E-state index in [1.54, 1.807) is 12.1 Å². The van der Waals surface area contributed by atoms with E-state index >= 15 is 0 Å². The molecule has 1 aromatic carbocycles. The van der Waals surface area contributed by atoms with E-state index in [4.69, 9.17) is 0 Å². The van der Waals surface area contributed by atoms with E-state index in [0.717, 1.165) is 16.7 Å². The molecule has 0 radical (unpaired) electrons. The molecule has 0 unspecified atom stereocenters. The average Bonchev–Trinajstić information content (AvgIpc) is 3.23. The standard InChI is InChI=1S/C10H10F3N3.C10H10S/c1-3-6-4-5-7-8(14-6)16(2)9(15-7)10(11,12)13;1-2-8-7-11-10-6-4-3-5-9(8)10/h4-5H,3H2,1-2H3;3-7H,2H2,1H3. The third-order valence-electron chi connectivity index (χ3n) is 4.33. The molecule has 0 saturated carbocycles. The highest BCUT2D eigenvalue weighted by Crippen LogP contribution is 2.30. The first kappa shape index (κ1) is 19.4. The minimum atomic E-state index is -4.44. The molecule has 3 nitrogen and oxygen atoms in total. The molecule has 0 saturated heterocycles. The van der Waals surface area contributed by atoms with Gasteiger partial charge in [-0.1, -0.05) is 32.0 Å². The second-order valence-electron chi connectivity index (χ2n) is 6.10. The predicted molar refractivity (Wildman–Crippen MR) is 104 cm³/mol. The van der Waals surface area contributed by atoms with Gasteiger partial charge >= 0.3 is 6.18 Å². The Morgan fingerprint density at radius 1 is 1.00 bits per heavy atom. The van der Waals surface area contributed by atoms with Crippen LogP contribution in [0.2, 0.25) is 0 Å². The Labute approximate surface area is 159 Å². The third kappa shape index (κ3) is 3.98. The quantitative estimate of drug-likeness (QED) is 0.419. The molecule has 0 amide bonds. The van der Waals surface area contributed by atoms with Crippen LogP contribution in [0.15, 0.2) is 41.8 Å². The van der Waals surface area contributed by atoms with Crippen molar-refractivity contribution in [2.75, 3.05) is 0 Å². The lowest BCUT2D eigenvalue weighted by Gasteiger charge is -2.05. The Hall–Kier alpha value is -2.41. The summed E-state index contributed by atoms with van der Waals surface area (Å²) in [6, 6.07) is 11.8. The second kappa shape index (κ2) is 7.68. The Bertz CT molecular complexity index is 1060. The number of benzene rings is 1. The lowest BCUT2D eigenvalue weighted by molar-refractivity contribution is -0.146. The van der Waals surface area contributed by atoms with Gasteiger partial charge in [0.25, 0.3) is 0 Å². The molecule has 0 aliphatic heterocycles. The summed E-state index contributed by atoms with van der Waals surface area (Å²) in [7, 11) is 1.32. The van der Waals surface area contributed by atoms with Gasteiger partial charge in [-0.25, -0.2) is 9.97 Å². The van der Waals surface area contributed by atoms with Crippen molar-refractivity contribution >= 4 is 32.6 Å². The number of fused-ring (bicyclic) bond motifs is 2. The summed E-state index contributed by atoms with van der Waals surface area (Å²) in [6.45, 7) is 4.10. The minimum absolute atomic E-state index is 0.270. The van der Waals surface area contributed by atoms with Crippen molar-refractivity contribution in [2.45, 2.75) is 32.9 Å². The molecule has 3 aromatic heterocycles. The lowest BCUT2D eigenvalue weighted by atomic mass is 10.1. The number of aromatic nitrogens is 3. The Morgan fingerprint density at radius 3 is 2.41 bits per heavy atom. The van der Waals surface area contributed by atoms with Crippen LogP contribution < -0.4 is 0 Å². The smallest absolute Gasteiger partial charge is 0.308 e. The van der Waals surface area contributed by atoms with Gasteiger partial charge in [-0.15, -0.1) is 11.3 Å². The molecule has 142 valence electrons. The number of alkyl halides is 3. The zero-order valence-corrected chi connectivity index (χ0v) is 16.2. The van der Waals surface area contributed by atoms with Gasteiger partial charge in [-0.3, -0.25) is 0 Å². The molecule has 4 aromatic rings. The third-order valence-corrected chi connectivity index (χ3v) is 5.34. The maximum atomic E-state index is 12.6. The van der Waals surface area contributed by atoms with Gasteiger partial charge in [0.2, 0.25) is 5.82 Å². The molecule has 0 N–H and O–H groups in total. The summed E-state index contributed by atoms with van der Waals surface area (Å²) in [5.41, 5.74) is 2.77. The molecule has 4 rings (SSSR count). The average molecular weight is 391 g/mol. The predicted octanol–water partition coefficient (Wildman–Crippen LogP) is 6.01. The zero-order chi connectivity index (χ0) is 19.6. The van der Waals surface area contributed by atoms with Crippen molar-refractivity contribution in [1.82, 2.24) is 14.5 Å². The van der Waals surface area contributed by atoms with Crippen LogP contribution >= 0.6 is 11.3 Å². The fraction of sp³-hybridized carbons (Fsp3) is 0.300. The number of aryl methyl sites for hydroxylation is 3. The number of hydrogen-bond donors (Lipinski definition) is 0. The van der Waals surface area contributed by atoms with Crippen molar-refractivity contribution in [2.24, 2.45) is 7.05 Å². The molecule has 0 atom stereocenters. The highest BCUT2D eigenvalue weighted by molar-refractivity contribution is 7.17. The van der Waals surface area contributed by atoms with E-state index in [2.05, 4.69) is 46.5 Å². The number of rotatable bonds is 2. The topological polar surface area (TPSA) is 30.7 Å². The van der Waals surface area contributed by atoms with E-state index in [1.165, 1.54) is 22.7 Å². The molecular formula is C20H20F3N3S. The number of imidazole rings is 1. The molecule has 0 aliphatic rings. The van der Waals surface area contributed by atoms with Crippen molar-refractivity contribution < 1.29 is 13.2 Å². The van der Waals surface area contributed by atoms with Crippen LogP contribution in [0, 0.1) is 0 Å². The first-order valence-electron chi connectivity index (χ1n) is 8.69. The first-order valence-corrected chi connectivity index (χ1v) is 9.57. The Balaban J connectivity index is 0.000000166. The number of halogens is 3. The van der Waals surface area contributed by atoms with E-state index in [1.807, 2.05) is 18.3 Å². The molecule has 0 fully saturated rings. The number of hydrogen-bond acceptors (Lipinski definition) is 3. The molecule has 0 bridgehead atoms. The van der Waals surface area contributed by atoms with Crippen LogP contribution in [-0.2, 0) is 26.1 Å². The summed E-state index contributed by atoms with van der Waals surface area (Å²) in [5.74, 6) is -0.914.